The second-order valence-corrected chi connectivity index (χ2v) is 5.25. The summed E-state index contributed by atoms with van der Waals surface area (Å²) < 4.78 is 42.3. The molecule has 2 heterocycles. The van der Waals surface area contributed by atoms with Crippen LogP contribution in [0.2, 0.25) is 0 Å². The van der Waals surface area contributed by atoms with Gasteiger partial charge < -0.3 is 9.64 Å². The summed E-state index contributed by atoms with van der Waals surface area (Å²) in [4.78, 5) is 28.7. The lowest BCUT2D eigenvalue weighted by Gasteiger charge is -2.30. The predicted molar refractivity (Wildman–Crippen MR) is 74.5 cm³/mol. The number of hydrogen-bond acceptors (Lipinski definition) is 4. The van der Waals surface area contributed by atoms with E-state index in [1.807, 2.05) is 0 Å². The number of piperidine rings is 1. The lowest BCUT2D eigenvalue weighted by Crippen LogP contribution is -2.40. The Kier molecular flexibility index (Phi) is 5.23. The molecule has 0 saturated carbocycles. The van der Waals surface area contributed by atoms with E-state index >= 15 is 0 Å². The van der Waals surface area contributed by atoms with Gasteiger partial charge in [-0.3, -0.25) is 14.6 Å². The minimum Gasteiger partial charge on any atom is -0.466 e. The van der Waals surface area contributed by atoms with E-state index in [1.54, 1.807) is 6.92 Å². The highest BCUT2D eigenvalue weighted by Crippen LogP contribution is 2.27. The molecular weight excluding hydrogens is 313 g/mol. The Hall–Kier alpha value is -2.12. The molecule has 1 aromatic rings. The lowest BCUT2D eigenvalue weighted by atomic mass is 9.96. The van der Waals surface area contributed by atoms with E-state index < -0.39 is 11.9 Å². The molecule has 0 atom stereocenters. The maximum absolute atomic E-state index is 12.5. The molecule has 1 aliphatic rings. The number of ether oxygens (including phenoxy) is 1. The molecule has 1 aromatic heterocycles. The third-order valence-corrected chi connectivity index (χ3v) is 3.70. The largest absolute Gasteiger partial charge is 0.466 e. The molecule has 0 aromatic carbocycles. The Balaban J connectivity index is 1.96. The van der Waals surface area contributed by atoms with Gasteiger partial charge in [-0.25, -0.2) is 0 Å². The summed E-state index contributed by atoms with van der Waals surface area (Å²) in [7, 11) is 0. The van der Waals surface area contributed by atoms with Crippen LogP contribution in [0.5, 0.6) is 0 Å². The third-order valence-electron chi connectivity index (χ3n) is 3.70. The van der Waals surface area contributed by atoms with Crippen molar-refractivity contribution in [2.24, 2.45) is 5.92 Å². The highest BCUT2D eigenvalue weighted by atomic mass is 19.4. The first kappa shape index (κ1) is 17.2. The van der Waals surface area contributed by atoms with Crippen LogP contribution in [0.1, 0.15) is 35.8 Å². The summed E-state index contributed by atoms with van der Waals surface area (Å²) >= 11 is 0. The van der Waals surface area contributed by atoms with Gasteiger partial charge in [-0.15, -0.1) is 0 Å². The maximum Gasteiger partial charge on any atom is 0.433 e. The minimum absolute atomic E-state index is 0.104. The number of halogens is 3. The Morgan fingerprint density at radius 3 is 2.43 bits per heavy atom. The van der Waals surface area contributed by atoms with Crippen molar-refractivity contribution in [2.75, 3.05) is 19.7 Å². The Morgan fingerprint density at radius 1 is 1.30 bits per heavy atom. The van der Waals surface area contributed by atoms with E-state index in [2.05, 4.69) is 4.98 Å². The number of rotatable bonds is 3. The first-order valence-corrected chi connectivity index (χ1v) is 7.32. The van der Waals surface area contributed by atoms with Crippen LogP contribution in [0.4, 0.5) is 13.2 Å². The lowest BCUT2D eigenvalue weighted by molar-refractivity contribution is -0.149. The van der Waals surface area contributed by atoms with Crippen LogP contribution in [0.3, 0.4) is 0 Å². The molecule has 1 aliphatic heterocycles. The van der Waals surface area contributed by atoms with Gasteiger partial charge >= 0.3 is 12.1 Å². The Bertz CT molecular complexity index is 564. The maximum atomic E-state index is 12.5. The number of hydrogen-bond donors (Lipinski definition) is 0. The van der Waals surface area contributed by atoms with E-state index in [0.29, 0.717) is 32.5 Å². The van der Waals surface area contributed by atoms with Gasteiger partial charge in [-0.2, -0.15) is 13.2 Å². The molecule has 5 nitrogen and oxygen atoms in total. The van der Waals surface area contributed by atoms with Crippen LogP contribution >= 0.6 is 0 Å². The number of amides is 1. The molecule has 2 rings (SSSR count). The van der Waals surface area contributed by atoms with Gasteiger partial charge in [0, 0.05) is 19.3 Å². The first-order valence-electron chi connectivity index (χ1n) is 7.32. The van der Waals surface area contributed by atoms with E-state index in [4.69, 9.17) is 4.74 Å². The Morgan fingerprint density at radius 2 is 1.96 bits per heavy atom. The zero-order valence-corrected chi connectivity index (χ0v) is 12.6. The summed E-state index contributed by atoms with van der Waals surface area (Å²) in [5.41, 5.74) is -0.928. The number of carbonyl (C=O) groups excluding carboxylic acids is 2. The van der Waals surface area contributed by atoms with Crippen LogP contribution in [0, 0.1) is 5.92 Å². The fraction of sp³-hybridized carbons (Fsp3) is 0.533. The highest BCUT2D eigenvalue weighted by Gasteiger charge is 2.33. The van der Waals surface area contributed by atoms with Crippen molar-refractivity contribution in [1.82, 2.24) is 9.88 Å². The predicted octanol–water partition coefficient (Wildman–Crippen LogP) is 2.52. The van der Waals surface area contributed by atoms with Gasteiger partial charge in [0.05, 0.1) is 18.1 Å². The number of carbonyl (C=O) groups is 2. The summed E-state index contributed by atoms with van der Waals surface area (Å²) in [6.45, 7) is 2.77. The van der Waals surface area contributed by atoms with Crippen molar-refractivity contribution in [3.8, 4) is 0 Å². The smallest absolute Gasteiger partial charge is 0.433 e. The summed E-state index contributed by atoms with van der Waals surface area (Å²) in [5.74, 6) is -0.881. The minimum atomic E-state index is -4.53. The number of aromatic nitrogens is 1. The van der Waals surface area contributed by atoms with Gasteiger partial charge in [0.1, 0.15) is 5.69 Å². The van der Waals surface area contributed by atoms with Crippen LogP contribution in [0.25, 0.3) is 0 Å². The van der Waals surface area contributed by atoms with Crippen LogP contribution in [-0.4, -0.2) is 41.5 Å². The molecule has 126 valence electrons. The number of alkyl halides is 3. The number of pyridine rings is 1. The number of likely N-dealkylation sites (tertiary alicyclic amines) is 1. The average molecular weight is 330 g/mol. The fourth-order valence-corrected chi connectivity index (χ4v) is 2.45. The van der Waals surface area contributed by atoms with Gasteiger partial charge in [0.25, 0.3) is 5.91 Å². The Labute approximate surface area is 131 Å². The molecule has 1 amide bonds. The van der Waals surface area contributed by atoms with Crippen LogP contribution < -0.4 is 0 Å². The van der Waals surface area contributed by atoms with Crippen molar-refractivity contribution >= 4 is 11.9 Å². The SMILES string of the molecule is CCOC(=O)C1CCN(C(=O)c2ccc(C(F)(F)F)nc2)CC1. The molecule has 0 radical (unpaired) electrons. The van der Waals surface area contributed by atoms with Crippen molar-refractivity contribution in [3.63, 3.8) is 0 Å². The summed E-state index contributed by atoms with van der Waals surface area (Å²) in [6.07, 6.45) is -2.63. The zero-order chi connectivity index (χ0) is 17.0. The van der Waals surface area contributed by atoms with E-state index in [1.165, 1.54) is 4.90 Å². The molecule has 0 bridgehead atoms. The third kappa shape index (κ3) is 4.20. The van der Waals surface area contributed by atoms with E-state index in [9.17, 15) is 22.8 Å². The van der Waals surface area contributed by atoms with E-state index in [-0.39, 0.29) is 23.4 Å². The fourth-order valence-electron chi connectivity index (χ4n) is 2.45. The molecule has 8 heteroatoms. The van der Waals surface area contributed by atoms with Crippen LogP contribution in [-0.2, 0) is 15.7 Å². The zero-order valence-electron chi connectivity index (χ0n) is 12.6. The van der Waals surface area contributed by atoms with Crippen molar-refractivity contribution in [3.05, 3.63) is 29.6 Å². The molecular formula is C15H17F3N2O3. The second-order valence-electron chi connectivity index (χ2n) is 5.25. The molecule has 1 fully saturated rings. The quantitative estimate of drug-likeness (QED) is 0.799. The van der Waals surface area contributed by atoms with Gasteiger partial charge in [-0.1, -0.05) is 0 Å². The monoisotopic (exact) mass is 330 g/mol. The number of esters is 1. The first-order chi connectivity index (χ1) is 10.8. The van der Waals surface area contributed by atoms with Gasteiger partial charge in [-0.05, 0) is 31.9 Å². The molecule has 1 saturated heterocycles. The molecule has 0 unspecified atom stereocenters. The van der Waals surface area contributed by atoms with Crippen molar-refractivity contribution < 1.29 is 27.5 Å². The summed E-state index contributed by atoms with van der Waals surface area (Å²) in [5, 5.41) is 0. The number of nitrogens with zero attached hydrogens (tertiary/aromatic N) is 2. The molecule has 0 spiro atoms. The van der Waals surface area contributed by atoms with Crippen LogP contribution in [0.15, 0.2) is 18.3 Å². The van der Waals surface area contributed by atoms with Crippen molar-refractivity contribution in [1.29, 1.82) is 0 Å². The normalized spacial score (nSPS) is 16.3. The van der Waals surface area contributed by atoms with E-state index in [0.717, 1.165) is 18.3 Å². The van der Waals surface area contributed by atoms with Crippen molar-refractivity contribution in [2.45, 2.75) is 25.9 Å². The average Bonchev–Trinajstić information content (AvgIpc) is 2.54. The standard InChI is InChI=1S/C15H17F3N2O3/c1-2-23-14(22)10-5-7-20(8-6-10)13(21)11-3-4-12(19-9-11)15(16,17)18/h3-4,9-10H,2,5-8H2,1H3. The molecule has 23 heavy (non-hydrogen) atoms. The molecule has 0 N–H and O–H groups in total. The van der Waals surface area contributed by atoms with Gasteiger partial charge in [0.15, 0.2) is 0 Å². The molecule has 0 aliphatic carbocycles. The second kappa shape index (κ2) is 6.97. The highest BCUT2D eigenvalue weighted by molar-refractivity contribution is 5.94. The topological polar surface area (TPSA) is 59.5 Å². The van der Waals surface area contributed by atoms with Gasteiger partial charge in [0.2, 0.25) is 0 Å². The summed E-state index contributed by atoms with van der Waals surface area (Å²) in [6, 6.07) is 1.91.